The zero-order chi connectivity index (χ0) is 22.4. The highest BCUT2D eigenvalue weighted by Crippen LogP contribution is 2.35. The molecule has 2 N–H and O–H groups in total. The average Bonchev–Trinajstić information content (AvgIpc) is 3.37. The molecule has 1 aromatic carbocycles. The summed E-state index contributed by atoms with van der Waals surface area (Å²) in [7, 11) is 0. The Morgan fingerprint density at radius 3 is 2.48 bits per heavy atom. The predicted octanol–water partition coefficient (Wildman–Crippen LogP) is 5.58. The standard InChI is InChI=1S/C24H26N2O4S/c1-3-5-7-21-25-14-20(18-12-13-31-22(18)19(6-4-2)24(29)30)26(21)15-16-8-10-17(11-9-16)23(27)28/h6,8-14H,3-5,7,15H2,1-2H3,(H,27,28)(H,29,30). The average molecular weight is 439 g/mol. The first-order chi connectivity index (χ1) is 15.0. The normalized spacial score (nSPS) is 11.6. The Hall–Kier alpha value is -3.19. The van der Waals surface area contributed by atoms with Crippen molar-refractivity contribution < 1.29 is 19.8 Å². The van der Waals surface area contributed by atoms with Crippen LogP contribution in [0.15, 0.2) is 48.0 Å². The van der Waals surface area contributed by atoms with Crippen LogP contribution in [0.25, 0.3) is 16.8 Å². The Kier molecular flexibility index (Phi) is 7.41. The second-order valence-corrected chi connectivity index (χ2v) is 8.16. The highest BCUT2D eigenvalue weighted by Gasteiger charge is 2.21. The van der Waals surface area contributed by atoms with E-state index in [-0.39, 0.29) is 5.56 Å². The summed E-state index contributed by atoms with van der Waals surface area (Å²) in [6.45, 7) is 4.58. The summed E-state index contributed by atoms with van der Waals surface area (Å²) >= 11 is 1.41. The molecule has 3 aromatic rings. The molecule has 7 heteroatoms. The van der Waals surface area contributed by atoms with Gasteiger partial charge >= 0.3 is 11.9 Å². The number of thiophene rings is 1. The van der Waals surface area contributed by atoms with Crippen LogP contribution in [-0.2, 0) is 17.8 Å². The number of hydrogen-bond acceptors (Lipinski definition) is 4. The van der Waals surface area contributed by atoms with Gasteiger partial charge in [-0.3, -0.25) is 0 Å². The molecule has 0 saturated carbocycles. The minimum atomic E-state index is -0.953. The number of nitrogens with zero attached hydrogens (tertiary/aromatic N) is 2. The second kappa shape index (κ2) is 10.2. The zero-order valence-electron chi connectivity index (χ0n) is 17.7. The Morgan fingerprint density at radius 1 is 1.13 bits per heavy atom. The number of rotatable bonds is 10. The number of hydrogen-bond donors (Lipinski definition) is 2. The van der Waals surface area contributed by atoms with Gasteiger partial charge in [0.05, 0.1) is 27.9 Å². The predicted molar refractivity (Wildman–Crippen MR) is 123 cm³/mol. The number of carboxylic acids is 2. The fourth-order valence-corrected chi connectivity index (χ4v) is 4.41. The van der Waals surface area contributed by atoms with Gasteiger partial charge in [-0.25, -0.2) is 14.6 Å². The number of unbranched alkanes of at least 4 members (excludes halogenated alkanes) is 1. The molecule has 0 saturated heterocycles. The van der Waals surface area contributed by atoms with Crippen molar-refractivity contribution in [2.45, 2.75) is 46.1 Å². The molecule has 2 aromatic heterocycles. The van der Waals surface area contributed by atoms with E-state index in [1.54, 1.807) is 18.2 Å². The number of aromatic nitrogens is 2. The quantitative estimate of drug-likeness (QED) is 0.403. The van der Waals surface area contributed by atoms with Crippen molar-refractivity contribution in [3.8, 4) is 11.3 Å². The molecule has 0 aliphatic heterocycles. The number of imidazole rings is 1. The van der Waals surface area contributed by atoms with Gasteiger partial charge in [0.2, 0.25) is 0 Å². The first-order valence-electron chi connectivity index (χ1n) is 10.3. The molecule has 0 spiro atoms. The number of aliphatic carboxylic acids is 1. The van der Waals surface area contributed by atoms with Gasteiger partial charge < -0.3 is 14.8 Å². The fourth-order valence-electron chi connectivity index (χ4n) is 3.48. The fraction of sp³-hybridized carbons (Fsp3) is 0.292. The van der Waals surface area contributed by atoms with Crippen LogP contribution in [0.5, 0.6) is 0 Å². The molecule has 31 heavy (non-hydrogen) atoms. The minimum Gasteiger partial charge on any atom is -0.478 e. The van der Waals surface area contributed by atoms with Gasteiger partial charge in [0.15, 0.2) is 0 Å². The van der Waals surface area contributed by atoms with Crippen LogP contribution in [0.4, 0.5) is 0 Å². The van der Waals surface area contributed by atoms with Crippen molar-refractivity contribution in [2.24, 2.45) is 0 Å². The summed E-state index contributed by atoms with van der Waals surface area (Å²) in [5, 5.41) is 20.8. The molecule has 2 heterocycles. The van der Waals surface area contributed by atoms with Gasteiger partial charge in [0.1, 0.15) is 5.82 Å². The molecule has 3 rings (SSSR count). The topological polar surface area (TPSA) is 92.4 Å². The SMILES string of the molecule is CCC=C(C(=O)O)c1sccc1-c1cnc(CCCC)n1Cc1ccc(C(=O)O)cc1. The molecule has 0 aliphatic rings. The minimum absolute atomic E-state index is 0.247. The first-order valence-corrected chi connectivity index (χ1v) is 11.2. The highest BCUT2D eigenvalue weighted by atomic mass is 32.1. The number of carboxylic acid groups (broad SMARTS) is 2. The molecule has 0 atom stereocenters. The molecular weight excluding hydrogens is 412 g/mol. The first kappa shape index (κ1) is 22.5. The Balaban J connectivity index is 2.05. The molecule has 0 fully saturated rings. The van der Waals surface area contributed by atoms with Crippen molar-refractivity contribution in [1.29, 1.82) is 0 Å². The molecule has 0 radical (unpaired) electrons. The third kappa shape index (κ3) is 5.11. The second-order valence-electron chi connectivity index (χ2n) is 7.25. The third-order valence-electron chi connectivity index (χ3n) is 5.06. The van der Waals surface area contributed by atoms with Gasteiger partial charge in [-0.05, 0) is 42.0 Å². The van der Waals surface area contributed by atoms with Crippen molar-refractivity contribution >= 4 is 28.8 Å². The summed E-state index contributed by atoms with van der Waals surface area (Å²) in [6, 6.07) is 8.76. The Bertz CT molecular complexity index is 1090. The molecular formula is C24H26N2O4S. The summed E-state index contributed by atoms with van der Waals surface area (Å²) in [5.41, 5.74) is 3.23. The number of carbonyl (C=O) groups is 2. The van der Waals surface area contributed by atoms with Crippen molar-refractivity contribution in [3.63, 3.8) is 0 Å². The summed E-state index contributed by atoms with van der Waals surface area (Å²) in [6.07, 6.45) is 7.05. The lowest BCUT2D eigenvalue weighted by Crippen LogP contribution is -2.08. The van der Waals surface area contributed by atoms with Crippen LogP contribution in [-0.4, -0.2) is 31.7 Å². The zero-order valence-corrected chi connectivity index (χ0v) is 18.5. The van der Waals surface area contributed by atoms with E-state index >= 15 is 0 Å². The third-order valence-corrected chi connectivity index (χ3v) is 6.01. The van der Waals surface area contributed by atoms with Crippen molar-refractivity contribution in [1.82, 2.24) is 9.55 Å². The number of benzene rings is 1. The van der Waals surface area contributed by atoms with E-state index in [9.17, 15) is 14.7 Å². The van der Waals surface area contributed by atoms with Gasteiger partial charge in [0.25, 0.3) is 0 Å². The van der Waals surface area contributed by atoms with Crippen molar-refractivity contribution in [2.75, 3.05) is 0 Å². The maximum atomic E-state index is 11.8. The summed E-state index contributed by atoms with van der Waals surface area (Å²) in [4.78, 5) is 28.4. The lowest BCUT2D eigenvalue weighted by molar-refractivity contribution is -0.130. The van der Waals surface area contributed by atoms with E-state index in [2.05, 4.69) is 16.5 Å². The Morgan fingerprint density at radius 2 is 1.87 bits per heavy atom. The van der Waals surface area contributed by atoms with Gasteiger partial charge in [-0.2, -0.15) is 0 Å². The van der Waals surface area contributed by atoms with E-state index < -0.39 is 11.9 Å². The van der Waals surface area contributed by atoms with Gasteiger partial charge in [-0.1, -0.05) is 38.5 Å². The lowest BCUT2D eigenvalue weighted by atomic mass is 10.1. The summed E-state index contributed by atoms with van der Waals surface area (Å²) in [5.74, 6) is -0.954. The molecule has 6 nitrogen and oxygen atoms in total. The number of aryl methyl sites for hydroxylation is 1. The maximum absolute atomic E-state index is 11.8. The maximum Gasteiger partial charge on any atom is 0.336 e. The molecule has 162 valence electrons. The van der Waals surface area contributed by atoms with Crippen LogP contribution in [0, 0.1) is 0 Å². The van der Waals surface area contributed by atoms with E-state index in [4.69, 9.17) is 5.11 Å². The monoisotopic (exact) mass is 438 g/mol. The van der Waals surface area contributed by atoms with Crippen LogP contribution in [0.1, 0.15) is 59.7 Å². The molecule has 0 aliphatic carbocycles. The van der Waals surface area contributed by atoms with Crippen LogP contribution in [0.3, 0.4) is 0 Å². The van der Waals surface area contributed by atoms with E-state index in [0.717, 1.165) is 46.8 Å². The van der Waals surface area contributed by atoms with E-state index in [0.29, 0.717) is 18.5 Å². The van der Waals surface area contributed by atoms with Crippen LogP contribution in [0.2, 0.25) is 0 Å². The molecule has 0 unspecified atom stereocenters. The van der Waals surface area contributed by atoms with Gasteiger partial charge in [0, 0.05) is 18.5 Å². The van der Waals surface area contributed by atoms with Crippen molar-refractivity contribution in [3.05, 3.63) is 69.8 Å². The molecule has 0 bridgehead atoms. The number of aromatic carboxylic acids is 1. The highest BCUT2D eigenvalue weighted by molar-refractivity contribution is 7.12. The van der Waals surface area contributed by atoms with Gasteiger partial charge in [-0.15, -0.1) is 11.3 Å². The largest absolute Gasteiger partial charge is 0.478 e. The van der Waals surface area contributed by atoms with E-state index in [1.807, 2.05) is 36.7 Å². The summed E-state index contributed by atoms with van der Waals surface area (Å²) < 4.78 is 2.11. The smallest absolute Gasteiger partial charge is 0.336 e. The Labute approximate surface area is 185 Å². The van der Waals surface area contributed by atoms with Crippen LogP contribution >= 0.6 is 11.3 Å². The lowest BCUT2D eigenvalue weighted by Gasteiger charge is -2.13. The van der Waals surface area contributed by atoms with E-state index in [1.165, 1.54) is 11.3 Å². The molecule has 0 amide bonds. The number of allylic oxidation sites excluding steroid dienone is 1. The van der Waals surface area contributed by atoms with Crippen LogP contribution < -0.4 is 0 Å².